The Labute approximate surface area is 68.7 Å². The van der Waals surface area contributed by atoms with Crippen LogP contribution in [0, 0.1) is 0 Å². The van der Waals surface area contributed by atoms with Gasteiger partial charge in [0.1, 0.15) is 0 Å². The summed E-state index contributed by atoms with van der Waals surface area (Å²) in [6.07, 6.45) is 2.52. The van der Waals surface area contributed by atoms with Crippen molar-refractivity contribution in [3.05, 3.63) is 0 Å². The second kappa shape index (κ2) is 7.94. The number of nitrogens with one attached hydrogen (secondary N) is 2. The van der Waals surface area contributed by atoms with E-state index < -0.39 is 0 Å². The highest BCUT2D eigenvalue weighted by molar-refractivity contribution is 4.55. The van der Waals surface area contributed by atoms with Crippen molar-refractivity contribution in [2.45, 2.75) is 25.9 Å². The molecule has 0 aliphatic heterocycles. The molecule has 0 fully saturated rings. The molecular weight excluding hydrogens is 140 g/mol. The lowest BCUT2D eigenvalue weighted by atomic mass is 10.3. The highest BCUT2D eigenvalue weighted by atomic mass is 15.1. The summed E-state index contributed by atoms with van der Waals surface area (Å²) in [5, 5.41) is 6.33. The van der Waals surface area contributed by atoms with Crippen LogP contribution in [0.1, 0.15) is 19.8 Å². The normalized spacial score (nSPS) is 13.4. The second-order valence-electron chi connectivity index (χ2n) is 2.58. The van der Waals surface area contributed by atoms with Gasteiger partial charge in [0.15, 0.2) is 0 Å². The SMILES string of the molecule is CC(NCN)NCCCCN. The lowest BCUT2D eigenvalue weighted by Gasteiger charge is -2.13. The van der Waals surface area contributed by atoms with Crippen molar-refractivity contribution in [3.63, 3.8) is 0 Å². The first-order chi connectivity index (χ1) is 5.31. The Morgan fingerprint density at radius 2 is 1.91 bits per heavy atom. The first-order valence-electron chi connectivity index (χ1n) is 4.18. The van der Waals surface area contributed by atoms with Crippen molar-refractivity contribution in [2.75, 3.05) is 19.8 Å². The summed E-state index contributed by atoms with van der Waals surface area (Å²) >= 11 is 0. The minimum Gasteiger partial charge on any atom is -0.330 e. The molecule has 0 aromatic carbocycles. The topological polar surface area (TPSA) is 76.1 Å². The van der Waals surface area contributed by atoms with E-state index in [1.807, 2.05) is 0 Å². The molecule has 0 radical (unpaired) electrons. The third-order valence-corrected chi connectivity index (χ3v) is 1.51. The maximum absolute atomic E-state index is 5.34. The van der Waals surface area contributed by atoms with Gasteiger partial charge in [-0.25, -0.2) is 0 Å². The van der Waals surface area contributed by atoms with Crippen LogP contribution in [-0.4, -0.2) is 25.9 Å². The van der Waals surface area contributed by atoms with E-state index in [0.717, 1.165) is 25.9 Å². The lowest BCUT2D eigenvalue weighted by molar-refractivity contribution is 0.453. The molecule has 4 nitrogen and oxygen atoms in total. The van der Waals surface area contributed by atoms with Gasteiger partial charge in [-0.2, -0.15) is 0 Å². The summed E-state index contributed by atoms with van der Waals surface area (Å²) in [4.78, 5) is 0. The Hall–Kier alpha value is -0.160. The average Bonchev–Trinajstić information content (AvgIpc) is 1.99. The zero-order chi connectivity index (χ0) is 8.53. The zero-order valence-electron chi connectivity index (χ0n) is 7.27. The fourth-order valence-electron chi connectivity index (χ4n) is 0.837. The number of hydrogen-bond donors (Lipinski definition) is 4. The smallest absolute Gasteiger partial charge is 0.0552 e. The zero-order valence-corrected chi connectivity index (χ0v) is 7.27. The maximum atomic E-state index is 5.34. The van der Waals surface area contributed by atoms with E-state index in [2.05, 4.69) is 17.6 Å². The first-order valence-corrected chi connectivity index (χ1v) is 4.18. The van der Waals surface area contributed by atoms with E-state index in [9.17, 15) is 0 Å². The molecule has 0 saturated carbocycles. The van der Waals surface area contributed by atoms with Gasteiger partial charge in [-0.1, -0.05) is 0 Å². The van der Waals surface area contributed by atoms with Gasteiger partial charge in [-0.05, 0) is 32.9 Å². The molecule has 1 unspecified atom stereocenters. The number of unbranched alkanes of at least 4 members (excludes halogenated alkanes) is 1. The molecule has 1 atom stereocenters. The van der Waals surface area contributed by atoms with Crippen LogP contribution in [0.5, 0.6) is 0 Å². The monoisotopic (exact) mass is 160 g/mol. The summed E-state index contributed by atoms with van der Waals surface area (Å²) in [5.41, 5.74) is 10.6. The third kappa shape index (κ3) is 7.74. The summed E-state index contributed by atoms with van der Waals surface area (Å²) in [7, 11) is 0. The largest absolute Gasteiger partial charge is 0.330 e. The molecule has 0 aliphatic rings. The molecule has 0 saturated heterocycles. The maximum Gasteiger partial charge on any atom is 0.0552 e. The third-order valence-electron chi connectivity index (χ3n) is 1.51. The predicted octanol–water partition coefficient (Wildman–Crippen LogP) is -0.833. The van der Waals surface area contributed by atoms with Gasteiger partial charge < -0.3 is 16.8 Å². The lowest BCUT2D eigenvalue weighted by Crippen LogP contribution is -2.42. The fraction of sp³-hybridized carbons (Fsp3) is 1.00. The first kappa shape index (κ1) is 10.8. The Balaban J connectivity index is 2.97. The van der Waals surface area contributed by atoms with Crippen molar-refractivity contribution in [3.8, 4) is 0 Å². The van der Waals surface area contributed by atoms with Crippen molar-refractivity contribution < 1.29 is 0 Å². The van der Waals surface area contributed by atoms with Crippen LogP contribution in [0.3, 0.4) is 0 Å². The molecule has 0 aliphatic carbocycles. The average molecular weight is 160 g/mol. The molecule has 0 amide bonds. The van der Waals surface area contributed by atoms with Gasteiger partial charge in [0.05, 0.1) is 6.17 Å². The quantitative estimate of drug-likeness (QED) is 0.289. The Kier molecular flexibility index (Phi) is 7.83. The summed E-state index contributed by atoms with van der Waals surface area (Å²) in [5.74, 6) is 0. The van der Waals surface area contributed by atoms with Gasteiger partial charge >= 0.3 is 0 Å². The molecule has 4 heteroatoms. The van der Waals surface area contributed by atoms with Crippen molar-refractivity contribution in [2.24, 2.45) is 11.5 Å². The van der Waals surface area contributed by atoms with E-state index in [-0.39, 0.29) is 0 Å². The molecule has 0 heterocycles. The molecule has 6 N–H and O–H groups in total. The van der Waals surface area contributed by atoms with Gasteiger partial charge in [0, 0.05) is 6.67 Å². The highest BCUT2D eigenvalue weighted by Crippen LogP contribution is 1.83. The van der Waals surface area contributed by atoms with Gasteiger partial charge in [0.25, 0.3) is 0 Å². The second-order valence-corrected chi connectivity index (χ2v) is 2.58. The van der Waals surface area contributed by atoms with Crippen LogP contribution in [0.15, 0.2) is 0 Å². The van der Waals surface area contributed by atoms with E-state index in [0.29, 0.717) is 12.8 Å². The Morgan fingerprint density at radius 3 is 2.45 bits per heavy atom. The Bertz CT molecular complexity index is 76.8. The van der Waals surface area contributed by atoms with Gasteiger partial charge in [0.2, 0.25) is 0 Å². The van der Waals surface area contributed by atoms with Crippen LogP contribution in [-0.2, 0) is 0 Å². The molecule has 0 rings (SSSR count). The standard InChI is InChI=1S/C7H20N4/c1-7(11-6-9)10-5-3-2-4-8/h7,10-11H,2-6,8-9H2,1H3. The molecule has 0 aromatic heterocycles. The highest BCUT2D eigenvalue weighted by Gasteiger charge is 1.95. The summed E-state index contributed by atoms with van der Waals surface area (Å²) < 4.78 is 0. The van der Waals surface area contributed by atoms with Crippen LogP contribution in [0.2, 0.25) is 0 Å². The van der Waals surface area contributed by atoms with Crippen molar-refractivity contribution >= 4 is 0 Å². The van der Waals surface area contributed by atoms with Crippen molar-refractivity contribution in [1.82, 2.24) is 10.6 Å². The fourth-order valence-corrected chi connectivity index (χ4v) is 0.837. The number of nitrogens with two attached hydrogens (primary N) is 2. The van der Waals surface area contributed by atoms with Gasteiger partial charge in [-0.3, -0.25) is 5.32 Å². The van der Waals surface area contributed by atoms with Gasteiger partial charge in [-0.15, -0.1) is 0 Å². The summed E-state index contributed by atoms with van der Waals surface area (Å²) in [6.45, 7) is 4.35. The van der Waals surface area contributed by atoms with E-state index in [4.69, 9.17) is 11.5 Å². The predicted molar refractivity (Wildman–Crippen MR) is 47.9 cm³/mol. The molecule has 0 aromatic rings. The molecule has 68 valence electrons. The Morgan fingerprint density at radius 1 is 1.18 bits per heavy atom. The van der Waals surface area contributed by atoms with Crippen LogP contribution in [0.4, 0.5) is 0 Å². The van der Waals surface area contributed by atoms with E-state index in [1.165, 1.54) is 0 Å². The minimum atomic E-state index is 0.303. The van der Waals surface area contributed by atoms with E-state index >= 15 is 0 Å². The molecular formula is C7H20N4. The minimum absolute atomic E-state index is 0.303. The number of hydrogen-bond acceptors (Lipinski definition) is 4. The van der Waals surface area contributed by atoms with Crippen LogP contribution >= 0.6 is 0 Å². The van der Waals surface area contributed by atoms with E-state index in [1.54, 1.807) is 0 Å². The molecule has 0 bridgehead atoms. The summed E-state index contributed by atoms with van der Waals surface area (Å²) in [6, 6.07) is 0. The molecule has 11 heavy (non-hydrogen) atoms. The van der Waals surface area contributed by atoms with Crippen LogP contribution < -0.4 is 22.1 Å². The number of rotatable bonds is 7. The van der Waals surface area contributed by atoms with Crippen molar-refractivity contribution in [1.29, 1.82) is 0 Å². The van der Waals surface area contributed by atoms with Crippen LogP contribution in [0.25, 0.3) is 0 Å². The molecule has 0 spiro atoms.